The number of hydrogen-bond donors (Lipinski definition) is 2. The van der Waals surface area contributed by atoms with E-state index in [2.05, 4.69) is 5.32 Å². The highest BCUT2D eigenvalue weighted by Crippen LogP contribution is 2.65. The van der Waals surface area contributed by atoms with Crippen molar-refractivity contribution in [2.24, 2.45) is 34.8 Å². The smallest absolute Gasteiger partial charge is 0.0136 e. The van der Waals surface area contributed by atoms with Gasteiger partial charge in [0.25, 0.3) is 0 Å². The maximum Gasteiger partial charge on any atom is 0.0136 e. The summed E-state index contributed by atoms with van der Waals surface area (Å²) in [5, 5.41) is 3.87. The van der Waals surface area contributed by atoms with Crippen molar-refractivity contribution in [1.29, 1.82) is 0 Å². The van der Waals surface area contributed by atoms with E-state index in [1.165, 1.54) is 38.6 Å². The van der Waals surface area contributed by atoms with Gasteiger partial charge in [-0.1, -0.05) is 6.42 Å². The molecule has 0 aromatic carbocycles. The average Bonchev–Trinajstić information content (AvgIpc) is 2.66. The molecule has 0 aromatic rings. The molecule has 4 aliphatic rings. The van der Waals surface area contributed by atoms with E-state index in [4.69, 9.17) is 5.73 Å². The zero-order valence-corrected chi connectivity index (χ0v) is 10.1. The first-order chi connectivity index (χ1) is 7.83. The van der Waals surface area contributed by atoms with Crippen molar-refractivity contribution in [1.82, 2.24) is 5.32 Å². The zero-order valence-electron chi connectivity index (χ0n) is 10.1. The molecular formula is C14H24N2. The van der Waals surface area contributed by atoms with Crippen molar-refractivity contribution >= 4 is 0 Å². The molecule has 4 rings (SSSR count). The molecule has 0 spiro atoms. The van der Waals surface area contributed by atoms with Crippen LogP contribution in [0, 0.1) is 29.1 Å². The maximum absolute atomic E-state index is 5.92. The summed E-state index contributed by atoms with van der Waals surface area (Å²) in [6.45, 7) is 2.11. The Hall–Kier alpha value is -0.0800. The molecule has 2 bridgehead atoms. The minimum atomic E-state index is 0.496. The van der Waals surface area contributed by atoms with Crippen LogP contribution in [0.3, 0.4) is 0 Å². The molecule has 3 N–H and O–H groups in total. The molecule has 0 saturated heterocycles. The van der Waals surface area contributed by atoms with Crippen LogP contribution in [0.4, 0.5) is 0 Å². The Balaban J connectivity index is 1.34. The van der Waals surface area contributed by atoms with E-state index in [-0.39, 0.29) is 0 Å². The topological polar surface area (TPSA) is 38.0 Å². The third kappa shape index (κ3) is 1.20. The lowest BCUT2D eigenvalue weighted by molar-refractivity contribution is 0.138. The summed E-state index contributed by atoms with van der Waals surface area (Å²) in [5.41, 5.74) is 6.41. The first-order valence-corrected chi connectivity index (χ1v) is 7.26. The summed E-state index contributed by atoms with van der Waals surface area (Å²) >= 11 is 0. The Bertz CT molecular complexity index is 276. The number of rotatable bonds is 4. The van der Waals surface area contributed by atoms with Gasteiger partial charge >= 0.3 is 0 Å². The summed E-state index contributed by atoms with van der Waals surface area (Å²) in [5.74, 6) is 4.35. The number of fused-ring (bicyclic) bond motifs is 5. The second-order valence-corrected chi connectivity index (χ2v) is 6.95. The average molecular weight is 220 g/mol. The SMILES string of the molecule is NCC1(CNC2C3C4CCC(C4)C23)CCC1. The zero-order chi connectivity index (χ0) is 10.8. The summed E-state index contributed by atoms with van der Waals surface area (Å²) in [7, 11) is 0. The molecule has 0 radical (unpaired) electrons. The summed E-state index contributed by atoms with van der Waals surface area (Å²) < 4.78 is 0. The van der Waals surface area contributed by atoms with Crippen LogP contribution in [0.1, 0.15) is 38.5 Å². The summed E-state index contributed by atoms with van der Waals surface area (Å²) in [6, 6.07) is 0.898. The van der Waals surface area contributed by atoms with E-state index in [1.54, 1.807) is 6.42 Å². The van der Waals surface area contributed by atoms with Crippen molar-refractivity contribution < 1.29 is 0 Å². The second kappa shape index (κ2) is 3.23. The predicted molar refractivity (Wildman–Crippen MR) is 64.9 cm³/mol. The highest BCUT2D eigenvalue weighted by Gasteiger charge is 2.64. The van der Waals surface area contributed by atoms with Crippen LogP contribution >= 0.6 is 0 Å². The molecule has 2 nitrogen and oxygen atoms in total. The Labute approximate surface area is 98.3 Å². The van der Waals surface area contributed by atoms with Crippen molar-refractivity contribution in [3.05, 3.63) is 0 Å². The van der Waals surface area contributed by atoms with Crippen molar-refractivity contribution in [3.8, 4) is 0 Å². The molecule has 4 saturated carbocycles. The number of hydrogen-bond acceptors (Lipinski definition) is 2. The second-order valence-electron chi connectivity index (χ2n) is 6.95. The molecule has 2 heteroatoms. The standard InChI is InChI=1S/C14H24N2/c15-7-14(4-1-5-14)8-16-13-11-9-2-3-10(6-9)12(11)13/h9-13,16H,1-8,15H2. The Kier molecular flexibility index (Phi) is 2.00. The van der Waals surface area contributed by atoms with Gasteiger partial charge < -0.3 is 11.1 Å². The molecule has 0 amide bonds. The fraction of sp³-hybridized carbons (Fsp3) is 1.00. The molecule has 0 aliphatic heterocycles. The Morgan fingerprint density at radius 2 is 1.81 bits per heavy atom. The molecule has 4 unspecified atom stereocenters. The molecule has 16 heavy (non-hydrogen) atoms. The van der Waals surface area contributed by atoms with Crippen molar-refractivity contribution in [2.75, 3.05) is 13.1 Å². The van der Waals surface area contributed by atoms with Crippen molar-refractivity contribution in [3.63, 3.8) is 0 Å². The molecule has 4 atom stereocenters. The van der Waals surface area contributed by atoms with E-state index >= 15 is 0 Å². The van der Waals surface area contributed by atoms with Gasteiger partial charge in [-0.3, -0.25) is 0 Å². The van der Waals surface area contributed by atoms with Crippen LogP contribution in [0.25, 0.3) is 0 Å². The van der Waals surface area contributed by atoms with Gasteiger partial charge in [-0.2, -0.15) is 0 Å². The largest absolute Gasteiger partial charge is 0.330 e. The van der Waals surface area contributed by atoms with Gasteiger partial charge in [-0.15, -0.1) is 0 Å². The van der Waals surface area contributed by atoms with Gasteiger partial charge in [0.1, 0.15) is 0 Å². The maximum atomic E-state index is 5.92. The van der Waals surface area contributed by atoms with E-state index < -0.39 is 0 Å². The normalized spacial score (nSPS) is 51.2. The Morgan fingerprint density at radius 1 is 1.12 bits per heavy atom. The van der Waals surface area contributed by atoms with Crippen LogP contribution in [0.2, 0.25) is 0 Å². The van der Waals surface area contributed by atoms with Crippen LogP contribution < -0.4 is 11.1 Å². The minimum absolute atomic E-state index is 0.496. The molecule has 0 heterocycles. The molecule has 4 fully saturated rings. The fourth-order valence-corrected chi connectivity index (χ4v) is 5.06. The minimum Gasteiger partial charge on any atom is -0.330 e. The van der Waals surface area contributed by atoms with Gasteiger partial charge in [0, 0.05) is 12.6 Å². The summed E-state index contributed by atoms with van der Waals surface area (Å²) in [4.78, 5) is 0. The monoisotopic (exact) mass is 220 g/mol. The van der Waals surface area contributed by atoms with Gasteiger partial charge in [0.05, 0.1) is 0 Å². The first kappa shape index (κ1) is 9.90. The van der Waals surface area contributed by atoms with Gasteiger partial charge in [0.15, 0.2) is 0 Å². The van der Waals surface area contributed by atoms with Crippen LogP contribution in [-0.4, -0.2) is 19.1 Å². The van der Waals surface area contributed by atoms with E-state index in [0.717, 1.165) is 36.3 Å². The quantitative estimate of drug-likeness (QED) is 0.757. The first-order valence-electron chi connectivity index (χ1n) is 7.26. The van der Waals surface area contributed by atoms with Crippen LogP contribution in [0.5, 0.6) is 0 Å². The van der Waals surface area contributed by atoms with Crippen molar-refractivity contribution in [2.45, 2.75) is 44.6 Å². The predicted octanol–water partition coefficient (Wildman–Crippen LogP) is 1.75. The third-order valence-corrected chi connectivity index (χ3v) is 6.30. The Morgan fingerprint density at radius 3 is 2.31 bits per heavy atom. The number of nitrogens with two attached hydrogens (primary N) is 1. The fourth-order valence-electron chi connectivity index (χ4n) is 5.06. The lowest BCUT2D eigenvalue weighted by atomic mass is 9.69. The van der Waals surface area contributed by atoms with E-state index in [1.807, 2.05) is 0 Å². The van der Waals surface area contributed by atoms with E-state index in [0.29, 0.717) is 5.41 Å². The van der Waals surface area contributed by atoms with Gasteiger partial charge in [0.2, 0.25) is 0 Å². The third-order valence-electron chi connectivity index (χ3n) is 6.30. The molecule has 90 valence electrons. The van der Waals surface area contributed by atoms with E-state index in [9.17, 15) is 0 Å². The molecule has 0 aromatic heterocycles. The lowest BCUT2D eigenvalue weighted by Gasteiger charge is -2.41. The molecular weight excluding hydrogens is 196 g/mol. The van der Waals surface area contributed by atoms with Gasteiger partial charge in [-0.25, -0.2) is 0 Å². The highest BCUT2D eigenvalue weighted by atomic mass is 15.0. The van der Waals surface area contributed by atoms with Gasteiger partial charge in [-0.05, 0) is 67.7 Å². The number of nitrogens with one attached hydrogen (secondary N) is 1. The lowest BCUT2D eigenvalue weighted by Crippen LogP contribution is -2.46. The van der Waals surface area contributed by atoms with Crippen LogP contribution in [0.15, 0.2) is 0 Å². The summed E-state index contributed by atoms with van der Waals surface area (Å²) in [6.07, 6.45) is 8.77. The van der Waals surface area contributed by atoms with Crippen LogP contribution in [-0.2, 0) is 0 Å². The highest BCUT2D eigenvalue weighted by molar-refractivity contribution is 5.17. The molecule has 4 aliphatic carbocycles.